The zero-order valence-corrected chi connectivity index (χ0v) is 17.2. The van der Waals surface area contributed by atoms with Crippen molar-refractivity contribution in [1.82, 2.24) is 25.0 Å². The number of guanidine groups is 1. The van der Waals surface area contributed by atoms with Crippen LogP contribution in [0.25, 0.3) is 0 Å². The van der Waals surface area contributed by atoms with E-state index >= 15 is 0 Å². The van der Waals surface area contributed by atoms with Gasteiger partial charge in [0, 0.05) is 58.4 Å². The summed E-state index contributed by atoms with van der Waals surface area (Å²) in [5.41, 5.74) is 1.25. The molecular weight excluding hydrogens is 350 g/mol. The first-order chi connectivity index (χ1) is 13.8. The number of aromatic nitrogens is 3. The molecule has 0 atom stereocenters. The third-order valence-corrected chi connectivity index (χ3v) is 5.16. The van der Waals surface area contributed by atoms with Crippen molar-refractivity contribution in [3.05, 3.63) is 42.5 Å². The predicted octanol–water partition coefficient (Wildman–Crippen LogP) is 2.41. The van der Waals surface area contributed by atoms with Crippen molar-refractivity contribution in [2.45, 2.75) is 39.2 Å². The number of para-hydroxylation sites is 1. The Kier molecular flexibility index (Phi) is 7.70. The highest BCUT2D eigenvalue weighted by molar-refractivity contribution is 5.80. The summed E-state index contributed by atoms with van der Waals surface area (Å²) >= 11 is 0. The lowest BCUT2D eigenvalue weighted by molar-refractivity contribution is 0.485. The van der Waals surface area contributed by atoms with Crippen molar-refractivity contribution < 1.29 is 0 Å². The second kappa shape index (κ2) is 10.7. The van der Waals surface area contributed by atoms with Gasteiger partial charge < -0.3 is 19.7 Å². The van der Waals surface area contributed by atoms with Crippen molar-refractivity contribution in [3.63, 3.8) is 0 Å². The van der Waals surface area contributed by atoms with Crippen LogP contribution in [0.3, 0.4) is 0 Å². The lowest BCUT2D eigenvalue weighted by atomic mass is 10.3. The van der Waals surface area contributed by atoms with Gasteiger partial charge in [-0.3, -0.25) is 4.99 Å². The highest BCUT2D eigenvalue weighted by Crippen LogP contribution is 2.11. The average Bonchev–Trinajstić information content (AvgIpc) is 3.42. The highest BCUT2D eigenvalue weighted by atomic mass is 15.3. The van der Waals surface area contributed by atoms with E-state index in [1.165, 1.54) is 18.5 Å². The minimum Gasteiger partial charge on any atom is -0.375 e. The number of benzene rings is 1. The smallest absolute Gasteiger partial charge is 0.193 e. The molecular formula is C21H33N7. The first kappa shape index (κ1) is 20.2. The van der Waals surface area contributed by atoms with Gasteiger partial charge in [-0.05, 0) is 31.4 Å². The van der Waals surface area contributed by atoms with Gasteiger partial charge in [-0.25, -0.2) is 0 Å². The molecule has 1 aromatic carbocycles. The summed E-state index contributed by atoms with van der Waals surface area (Å²) in [5, 5.41) is 11.7. The first-order valence-electron chi connectivity index (χ1n) is 10.4. The van der Waals surface area contributed by atoms with Gasteiger partial charge in [0.2, 0.25) is 0 Å². The van der Waals surface area contributed by atoms with Crippen LogP contribution in [-0.2, 0) is 13.0 Å². The minimum atomic E-state index is 0.836. The van der Waals surface area contributed by atoms with E-state index in [4.69, 9.17) is 4.99 Å². The van der Waals surface area contributed by atoms with Gasteiger partial charge >= 0.3 is 0 Å². The fourth-order valence-corrected chi connectivity index (χ4v) is 3.53. The molecule has 0 amide bonds. The van der Waals surface area contributed by atoms with E-state index in [-0.39, 0.29) is 0 Å². The van der Waals surface area contributed by atoms with Crippen LogP contribution in [0.1, 0.15) is 32.0 Å². The molecule has 1 saturated heterocycles. The first-order valence-corrected chi connectivity index (χ1v) is 10.4. The van der Waals surface area contributed by atoms with Gasteiger partial charge in [-0.1, -0.05) is 25.1 Å². The van der Waals surface area contributed by atoms with Crippen LogP contribution < -0.4 is 10.2 Å². The summed E-state index contributed by atoms with van der Waals surface area (Å²) in [4.78, 5) is 9.57. The number of rotatable bonds is 9. The number of aliphatic imine (C=N–C) groups is 1. The fourth-order valence-electron chi connectivity index (χ4n) is 3.53. The van der Waals surface area contributed by atoms with E-state index in [0.29, 0.717) is 0 Å². The van der Waals surface area contributed by atoms with E-state index in [1.807, 2.05) is 6.33 Å². The Morgan fingerprint density at radius 3 is 2.75 bits per heavy atom. The van der Waals surface area contributed by atoms with E-state index in [1.54, 1.807) is 0 Å². The summed E-state index contributed by atoms with van der Waals surface area (Å²) < 4.78 is 2.11. The second-order valence-electron chi connectivity index (χ2n) is 7.23. The minimum absolute atomic E-state index is 0.836. The molecule has 0 spiro atoms. The fraction of sp³-hybridized carbons (Fsp3) is 0.571. The number of nitrogens with zero attached hydrogens (tertiary/aromatic N) is 6. The van der Waals surface area contributed by atoms with Crippen LogP contribution in [-0.4, -0.2) is 65.4 Å². The molecule has 0 unspecified atom stereocenters. The van der Waals surface area contributed by atoms with Gasteiger partial charge in [0.1, 0.15) is 12.2 Å². The zero-order valence-electron chi connectivity index (χ0n) is 17.2. The molecule has 0 bridgehead atoms. The van der Waals surface area contributed by atoms with Gasteiger partial charge in [-0.2, -0.15) is 0 Å². The average molecular weight is 384 g/mol. The molecule has 1 aliphatic heterocycles. The van der Waals surface area contributed by atoms with Crippen molar-refractivity contribution in [2.24, 2.45) is 4.99 Å². The molecule has 1 aromatic heterocycles. The molecule has 28 heavy (non-hydrogen) atoms. The van der Waals surface area contributed by atoms with Gasteiger partial charge in [0.05, 0.1) is 0 Å². The Bertz CT molecular complexity index is 719. The largest absolute Gasteiger partial charge is 0.375 e. The summed E-state index contributed by atoms with van der Waals surface area (Å²) in [5.74, 6) is 2.08. The molecule has 0 radical (unpaired) electrons. The molecule has 1 fully saturated rings. The molecule has 0 aliphatic carbocycles. The summed E-state index contributed by atoms with van der Waals surface area (Å²) in [6.45, 7) is 7.84. The Morgan fingerprint density at radius 1 is 1.21 bits per heavy atom. The van der Waals surface area contributed by atoms with Crippen LogP contribution in [0.5, 0.6) is 0 Å². The molecule has 1 aliphatic rings. The normalized spacial score (nSPS) is 14.5. The number of anilines is 1. The summed E-state index contributed by atoms with van der Waals surface area (Å²) in [6, 6.07) is 10.5. The lowest BCUT2D eigenvalue weighted by Crippen LogP contribution is -2.41. The molecule has 3 rings (SSSR count). The van der Waals surface area contributed by atoms with Gasteiger partial charge in [-0.15, -0.1) is 10.2 Å². The van der Waals surface area contributed by atoms with Crippen LogP contribution in [0.4, 0.5) is 5.69 Å². The molecule has 1 N–H and O–H groups in total. The van der Waals surface area contributed by atoms with Gasteiger partial charge in [0.15, 0.2) is 5.96 Å². The predicted molar refractivity (Wildman–Crippen MR) is 115 cm³/mol. The topological polar surface area (TPSA) is 61.6 Å². The Balaban J connectivity index is 1.48. The molecule has 7 heteroatoms. The monoisotopic (exact) mass is 383 g/mol. The SMILES string of the molecule is CCc1nncn1CCNC(=NCCCN(C)c1ccccc1)N1CCCC1. The van der Waals surface area contributed by atoms with Crippen LogP contribution in [0.15, 0.2) is 41.7 Å². The maximum absolute atomic E-state index is 4.90. The Morgan fingerprint density at radius 2 is 2.00 bits per heavy atom. The standard InChI is InChI=1S/C21H33N7/c1-3-20-25-24-18-28(20)17-13-23-21(27-15-7-8-16-27)22-12-9-14-26(2)19-10-5-4-6-11-19/h4-6,10-11,18H,3,7-9,12-17H2,1-2H3,(H,22,23). The summed E-state index contributed by atoms with van der Waals surface area (Å²) in [7, 11) is 2.14. The van der Waals surface area contributed by atoms with Crippen molar-refractivity contribution in [1.29, 1.82) is 0 Å². The van der Waals surface area contributed by atoms with Crippen LogP contribution in [0, 0.1) is 0 Å². The Hall–Kier alpha value is -2.57. The zero-order chi connectivity index (χ0) is 19.6. The highest BCUT2D eigenvalue weighted by Gasteiger charge is 2.16. The summed E-state index contributed by atoms with van der Waals surface area (Å²) in [6.07, 6.45) is 6.26. The van der Waals surface area contributed by atoms with E-state index in [2.05, 4.69) is 74.2 Å². The third kappa shape index (κ3) is 5.71. The molecule has 2 aromatic rings. The van der Waals surface area contributed by atoms with E-state index in [9.17, 15) is 0 Å². The third-order valence-electron chi connectivity index (χ3n) is 5.16. The number of hydrogen-bond acceptors (Lipinski definition) is 4. The molecule has 7 nitrogen and oxygen atoms in total. The second-order valence-corrected chi connectivity index (χ2v) is 7.23. The number of hydrogen-bond donors (Lipinski definition) is 1. The maximum Gasteiger partial charge on any atom is 0.193 e. The molecule has 2 heterocycles. The van der Waals surface area contributed by atoms with Crippen molar-refractivity contribution in [2.75, 3.05) is 44.7 Å². The number of aryl methyl sites for hydroxylation is 1. The van der Waals surface area contributed by atoms with Crippen molar-refractivity contribution >= 4 is 11.6 Å². The van der Waals surface area contributed by atoms with E-state index < -0.39 is 0 Å². The number of likely N-dealkylation sites (tertiary alicyclic amines) is 1. The van der Waals surface area contributed by atoms with Crippen molar-refractivity contribution in [3.8, 4) is 0 Å². The van der Waals surface area contributed by atoms with Crippen LogP contribution >= 0.6 is 0 Å². The quantitative estimate of drug-likeness (QED) is 0.409. The molecule has 152 valence electrons. The lowest BCUT2D eigenvalue weighted by Gasteiger charge is -2.22. The maximum atomic E-state index is 4.90. The molecule has 0 saturated carbocycles. The van der Waals surface area contributed by atoms with E-state index in [0.717, 1.165) is 63.9 Å². The van der Waals surface area contributed by atoms with Gasteiger partial charge in [0.25, 0.3) is 0 Å². The van der Waals surface area contributed by atoms with Crippen LogP contribution in [0.2, 0.25) is 0 Å². The Labute approximate surface area is 168 Å². The number of nitrogens with one attached hydrogen (secondary N) is 1.